The Bertz CT molecular complexity index is 1150. The van der Waals surface area contributed by atoms with Crippen LogP contribution in [0.2, 0.25) is 0 Å². The van der Waals surface area contributed by atoms with Crippen molar-refractivity contribution in [3.05, 3.63) is 94.3 Å². The van der Waals surface area contributed by atoms with Crippen LogP contribution in [0.15, 0.2) is 54.6 Å². The molecule has 0 saturated heterocycles. The molecule has 0 amide bonds. The van der Waals surface area contributed by atoms with E-state index in [4.69, 9.17) is 9.47 Å². The maximum absolute atomic E-state index is 14.3. The lowest BCUT2D eigenvalue weighted by molar-refractivity contribution is -0.544. The molecule has 0 N–H and O–H groups in total. The Morgan fingerprint density at radius 2 is 1.55 bits per heavy atom. The maximum Gasteiger partial charge on any atom is 0.215 e. The minimum Gasteiger partial charge on any atom is -1.00 e. The van der Waals surface area contributed by atoms with E-state index in [-0.39, 0.29) is 18.2 Å². The van der Waals surface area contributed by atoms with Gasteiger partial charge in [0.15, 0.2) is 29.7 Å². The molecule has 0 atom stereocenters. The monoisotopic (exact) mass is 447 g/mol. The molecule has 1 aliphatic rings. The Kier molecular flexibility index (Phi) is 6.91. The average molecular weight is 448 g/mol. The molecule has 4 rings (SSSR count). The van der Waals surface area contributed by atoms with Crippen LogP contribution < -0.4 is 21.9 Å². The van der Waals surface area contributed by atoms with E-state index in [1.807, 2.05) is 16.7 Å². The molecule has 0 aliphatic carbocycles. The summed E-state index contributed by atoms with van der Waals surface area (Å²) in [4.78, 5) is 0. The topological polar surface area (TPSA) is 21.5 Å². The molecule has 1 heterocycles. The van der Waals surface area contributed by atoms with Gasteiger partial charge in [-0.05, 0) is 48.0 Å². The van der Waals surface area contributed by atoms with E-state index in [0.717, 1.165) is 17.2 Å². The first-order valence-electron chi connectivity index (χ1n) is 9.57. The highest BCUT2D eigenvalue weighted by molar-refractivity contribution is 6.11. The zero-order valence-electron chi connectivity index (χ0n) is 17.1. The lowest BCUT2D eigenvalue weighted by Crippen LogP contribution is -3.00. The summed E-state index contributed by atoms with van der Waals surface area (Å²) in [5.41, 5.74) is 3.55. The van der Waals surface area contributed by atoms with Crippen molar-refractivity contribution < 1.29 is 39.6 Å². The van der Waals surface area contributed by atoms with Crippen LogP contribution in [0, 0.1) is 17.5 Å². The molecule has 3 aromatic rings. The number of benzene rings is 3. The van der Waals surface area contributed by atoms with Crippen LogP contribution >= 0.6 is 0 Å². The third kappa shape index (κ3) is 4.39. The van der Waals surface area contributed by atoms with E-state index in [9.17, 15) is 13.2 Å². The van der Waals surface area contributed by atoms with Gasteiger partial charge in [-0.15, -0.1) is 0 Å². The molecule has 0 bridgehead atoms. The molecule has 0 radical (unpaired) electrons. The normalized spacial score (nSPS) is 12.8. The molecule has 3 aromatic carbocycles. The van der Waals surface area contributed by atoms with Gasteiger partial charge in [-0.1, -0.05) is 12.1 Å². The Morgan fingerprint density at radius 1 is 0.839 bits per heavy atom. The second-order valence-electron chi connectivity index (χ2n) is 7.10. The first-order chi connectivity index (χ1) is 14.5. The van der Waals surface area contributed by atoms with E-state index in [1.54, 1.807) is 32.4 Å². The Balaban J connectivity index is 0.00000272. The van der Waals surface area contributed by atoms with Gasteiger partial charge in [-0.3, -0.25) is 0 Å². The van der Waals surface area contributed by atoms with Gasteiger partial charge >= 0.3 is 0 Å². The lowest BCUT2D eigenvalue weighted by Gasteiger charge is -2.21. The Labute approximate surface area is 185 Å². The number of ether oxygens (including phenoxy) is 2. The van der Waals surface area contributed by atoms with Gasteiger partial charge in [0.25, 0.3) is 0 Å². The van der Waals surface area contributed by atoms with E-state index >= 15 is 0 Å². The van der Waals surface area contributed by atoms with Gasteiger partial charge in [0.1, 0.15) is 12.4 Å². The fourth-order valence-corrected chi connectivity index (χ4v) is 3.86. The molecule has 0 spiro atoms. The minimum absolute atomic E-state index is 0. The molecule has 1 aliphatic heterocycles. The van der Waals surface area contributed by atoms with Crippen LogP contribution in [-0.4, -0.2) is 31.1 Å². The lowest BCUT2D eigenvalue weighted by atomic mass is 9.91. The van der Waals surface area contributed by atoms with Gasteiger partial charge in [0.05, 0.1) is 25.3 Å². The predicted molar refractivity (Wildman–Crippen MR) is 108 cm³/mol. The van der Waals surface area contributed by atoms with Gasteiger partial charge in [-0.2, -0.15) is 0 Å². The summed E-state index contributed by atoms with van der Waals surface area (Å²) in [5, 5.41) is 0. The minimum atomic E-state index is -0.932. The molecular formula is C24H21ClF3NO2. The van der Waals surface area contributed by atoms with Crippen LogP contribution in [0.4, 0.5) is 13.2 Å². The van der Waals surface area contributed by atoms with Crippen LogP contribution in [0.3, 0.4) is 0 Å². The predicted octanol–water partition coefficient (Wildman–Crippen LogP) is 1.73. The van der Waals surface area contributed by atoms with Gasteiger partial charge < -0.3 is 21.9 Å². The molecular weight excluding hydrogens is 427 g/mol. The smallest absolute Gasteiger partial charge is 0.215 e. The number of fused-ring (bicyclic) bond motifs is 1. The number of rotatable bonds is 5. The molecule has 0 aromatic heterocycles. The molecule has 31 heavy (non-hydrogen) atoms. The summed E-state index contributed by atoms with van der Waals surface area (Å²) in [6, 6.07) is 14.1. The number of halogens is 4. The third-order valence-electron chi connectivity index (χ3n) is 5.34. The van der Waals surface area contributed by atoms with Gasteiger partial charge in [0, 0.05) is 12.0 Å². The maximum atomic E-state index is 14.3. The fourth-order valence-electron chi connectivity index (χ4n) is 3.86. The second-order valence-corrected chi connectivity index (χ2v) is 7.10. The van der Waals surface area contributed by atoms with E-state index in [1.165, 1.54) is 18.2 Å². The highest BCUT2D eigenvalue weighted by Gasteiger charge is 2.30. The number of nitrogens with zero attached hydrogens (tertiary/aromatic N) is 1. The van der Waals surface area contributed by atoms with Crippen LogP contribution in [0.25, 0.3) is 0 Å². The number of hydrogen-bond acceptors (Lipinski definition) is 2. The summed E-state index contributed by atoms with van der Waals surface area (Å²) in [6.45, 7) is 0.889. The highest BCUT2D eigenvalue weighted by atomic mass is 35.5. The number of methoxy groups -OCH3 is 2. The molecule has 7 heteroatoms. The van der Waals surface area contributed by atoms with Crippen molar-refractivity contribution in [2.45, 2.75) is 13.0 Å². The summed E-state index contributed by atoms with van der Waals surface area (Å²) < 4.78 is 54.8. The molecule has 3 nitrogen and oxygen atoms in total. The van der Waals surface area contributed by atoms with Crippen molar-refractivity contribution in [1.82, 2.24) is 0 Å². The van der Waals surface area contributed by atoms with Crippen molar-refractivity contribution in [2.24, 2.45) is 0 Å². The van der Waals surface area contributed by atoms with Crippen molar-refractivity contribution in [3.63, 3.8) is 0 Å². The summed E-state index contributed by atoms with van der Waals surface area (Å²) >= 11 is 0. The van der Waals surface area contributed by atoms with Crippen molar-refractivity contribution in [2.75, 3.05) is 20.8 Å². The molecule has 162 valence electrons. The largest absolute Gasteiger partial charge is 1.00 e. The van der Waals surface area contributed by atoms with Crippen LogP contribution in [0.5, 0.6) is 11.5 Å². The second kappa shape index (κ2) is 9.43. The van der Waals surface area contributed by atoms with Crippen LogP contribution in [0.1, 0.15) is 22.3 Å². The fraction of sp³-hybridized carbons (Fsp3) is 0.208. The standard InChI is InChI=1S/C24H21F3NO2.ClH/c1-29-22-12-15-9-10-28(14-17-5-3-4-6-19(17)25)24(18(15)13-23(22)30-2)16-7-8-20(26)21(27)11-16;/h3-8,11-13H,9-10,14H2,1-2H3;1H/q+1;/p-1. The molecule has 0 saturated carbocycles. The highest BCUT2D eigenvalue weighted by Crippen LogP contribution is 2.34. The van der Waals surface area contributed by atoms with Crippen molar-refractivity contribution >= 4 is 5.71 Å². The Morgan fingerprint density at radius 3 is 2.23 bits per heavy atom. The first-order valence-corrected chi connectivity index (χ1v) is 9.57. The van der Waals surface area contributed by atoms with Crippen molar-refractivity contribution in [1.29, 1.82) is 0 Å². The average Bonchev–Trinajstić information content (AvgIpc) is 2.76. The van der Waals surface area contributed by atoms with Crippen molar-refractivity contribution in [3.8, 4) is 11.5 Å². The van der Waals surface area contributed by atoms with E-state index in [0.29, 0.717) is 47.8 Å². The zero-order valence-corrected chi connectivity index (χ0v) is 17.8. The van der Waals surface area contributed by atoms with Crippen LogP contribution in [-0.2, 0) is 13.0 Å². The third-order valence-corrected chi connectivity index (χ3v) is 5.34. The SMILES string of the molecule is COc1cc2c(cc1OC)C(c1ccc(F)c(F)c1)=[N+](Cc1ccccc1F)CC2.[Cl-]. The summed E-state index contributed by atoms with van der Waals surface area (Å²) in [6.07, 6.45) is 0.692. The summed E-state index contributed by atoms with van der Waals surface area (Å²) in [5.74, 6) is -1.02. The Hall–Kier alpha value is -2.99. The van der Waals surface area contributed by atoms with E-state index < -0.39 is 11.6 Å². The van der Waals surface area contributed by atoms with Gasteiger partial charge in [0.2, 0.25) is 5.71 Å². The number of hydrogen-bond donors (Lipinski definition) is 0. The zero-order chi connectivity index (χ0) is 21.3. The summed E-state index contributed by atoms with van der Waals surface area (Å²) in [7, 11) is 3.11. The first kappa shape index (κ1) is 22.7. The quantitative estimate of drug-likeness (QED) is 0.556. The van der Waals surface area contributed by atoms with E-state index in [2.05, 4.69) is 0 Å². The van der Waals surface area contributed by atoms with Gasteiger partial charge in [-0.25, -0.2) is 17.7 Å². The molecule has 0 unspecified atom stereocenters. The molecule has 0 fully saturated rings.